The predicted molar refractivity (Wildman–Crippen MR) is 86.5 cm³/mol. The van der Waals surface area contributed by atoms with Crippen molar-refractivity contribution in [3.8, 4) is 0 Å². The van der Waals surface area contributed by atoms with Crippen LogP contribution >= 0.6 is 11.8 Å². The fourth-order valence-corrected chi connectivity index (χ4v) is 3.03. The number of alkyl halides is 3. The molecule has 1 N–H and O–H groups in total. The molecular weight excluding hydrogens is 323 g/mol. The SMILES string of the molecule is CC(=O)Nc1ccc(SC(C)c2ccc(C(F)(F)F)cc2)cc1. The first-order valence-corrected chi connectivity index (χ1v) is 7.85. The van der Waals surface area contributed by atoms with Crippen LogP contribution in [0.4, 0.5) is 18.9 Å². The van der Waals surface area contributed by atoms with Gasteiger partial charge in [0.15, 0.2) is 0 Å². The predicted octanol–water partition coefficient (Wildman–Crippen LogP) is 5.52. The lowest BCUT2D eigenvalue weighted by Gasteiger charge is -2.13. The van der Waals surface area contributed by atoms with Gasteiger partial charge in [-0.3, -0.25) is 4.79 Å². The normalized spacial score (nSPS) is 12.7. The highest BCUT2D eigenvalue weighted by atomic mass is 32.2. The monoisotopic (exact) mass is 339 g/mol. The summed E-state index contributed by atoms with van der Waals surface area (Å²) in [4.78, 5) is 11.9. The molecule has 0 heterocycles. The van der Waals surface area contributed by atoms with Gasteiger partial charge in [-0.25, -0.2) is 0 Å². The van der Waals surface area contributed by atoms with Crippen LogP contribution < -0.4 is 5.32 Å². The highest BCUT2D eigenvalue weighted by Gasteiger charge is 2.30. The first-order valence-electron chi connectivity index (χ1n) is 6.97. The minimum absolute atomic E-state index is 0.0175. The number of hydrogen-bond donors (Lipinski definition) is 1. The number of carbonyl (C=O) groups is 1. The Morgan fingerprint density at radius 2 is 1.61 bits per heavy atom. The summed E-state index contributed by atoms with van der Waals surface area (Å²) in [6, 6.07) is 12.6. The number of rotatable bonds is 4. The summed E-state index contributed by atoms with van der Waals surface area (Å²) >= 11 is 1.54. The van der Waals surface area contributed by atoms with Crippen molar-refractivity contribution in [2.45, 2.75) is 30.2 Å². The lowest BCUT2D eigenvalue weighted by molar-refractivity contribution is -0.137. The molecule has 2 nitrogen and oxygen atoms in total. The number of benzene rings is 2. The van der Waals surface area contributed by atoms with Crippen molar-refractivity contribution in [2.75, 3.05) is 5.32 Å². The number of anilines is 1. The molecule has 2 aromatic rings. The van der Waals surface area contributed by atoms with E-state index in [1.807, 2.05) is 19.1 Å². The van der Waals surface area contributed by atoms with Gasteiger partial charge in [0.2, 0.25) is 5.91 Å². The van der Waals surface area contributed by atoms with E-state index in [2.05, 4.69) is 5.32 Å². The average Bonchev–Trinajstić information content (AvgIpc) is 2.48. The van der Waals surface area contributed by atoms with Crippen molar-refractivity contribution >= 4 is 23.4 Å². The van der Waals surface area contributed by atoms with Gasteiger partial charge >= 0.3 is 6.18 Å². The largest absolute Gasteiger partial charge is 0.416 e. The van der Waals surface area contributed by atoms with E-state index in [9.17, 15) is 18.0 Å². The van der Waals surface area contributed by atoms with E-state index in [-0.39, 0.29) is 11.2 Å². The van der Waals surface area contributed by atoms with Crippen molar-refractivity contribution in [2.24, 2.45) is 0 Å². The molecule has 23 heavy (non-hydrogen) atoms. The summed E-state index contributed by atoms with van der Waals surface area (Å²) < 4.78 is 37.7. The average molecular weight is 339 g/mol. The molecule has 122 valence electrons. The van der Waals surface area contributed by atoms with Crippen LogP contribution in [0.25, 0.3) is 0 Å². The zero-order chi connectivity index (χ0) is 17.0. The second kappa shape index (κ2) is 7.08. The van der Waals surface area contributed by atoms with Gasteiger partial charge in [0.05, 0.1) is 5.56 Å². The lowest BCUT2D eigenvalue weighted by Crippen LogP contribution is -2.05. The van der Waals surface area contributed by atoms with Crippen molar-refractivity contribution in [1.29, 1.82) is 0 Å². The number of amides is 1. The Balaban J connectivity index is 2.03. The summed E-state index contributed by atoms with van der Waals surface area (Å²) in [5.74, 6) is -0.136. The number of nitrogens with one attached hydrogen (secondary N) is 1. The maximum absolute atomic E-state index is 12.6. The number of thioether (sulfide) groups is 1. The summed E-state index contributed by atoms with van der Waals surface area (Å²) in [7, 11) is 0. The summed E-state index contributed by atoms with van der Waals surface area (Å²) in [5.41, 5.74) is 0.899. The molecule has 1 unspecified atom stereocenters. The van der Waals surface area contributed by atoms with Gasteiger partial charge in [-0.2, -0.15) is 13.2 Å². The third-order valence-electron chi connectivity index (χ3n) is 3.19. The van der Waals surface area contributed by atoms with Gasteiger partial charge in [-0.1, -0.05) is 12.1 Å². The highest BCUT2D eigenvalue weighted by molar-refractivity contribution is 7.99. The second-order valence-electron chi connectivity index (χ2n) is 5.09. The molecule has 6 heteroatoms. The van der Waals surface area contributed by atoms with Crippen LogP contribution in [0, 0.1) is 0 Å². The topological polar surface area (TPSA) is 29.1 Å². The third kappa shape index (κ3) is 5.03. The molecule has 0 saturated heterocycles. The molecule has 2 aromatic carbocycles. The molecule has 0 aliphatic rings. The maximum atomic E-state index is 12.6. The van der Waals surface area contributed by atoms with Crippen molar-refractivity contribution < 1.29 is 18.0 Å². The Labute approximate surface area is 137 Å². The van der Waals surface area contributed by atoms with Gasteiger partial charge in [0.1, 0.15) is 0 Å². The van der Waals surface area contributed by atoms with Crippen LogP contribution in [-0.4, -0.2) is 5.91 Å². The fraction of sp³-hybridized carbons (Fsp3) is 0.235. The highest BCUT2D eigenvalue weighted by Crippen LogP contribution is 2.36. The minimum atomic E-state index is -4.31. The van der Waals surface area contributed by atoms with E-state index in [1.54, 1.807) is 23.9 Å². The fourth-order valence-electron chi connectivity index (χ4n) is 2.04. The van der Waals surface area contributed by atoms with Gasteiger partial charge in [0, 0.05) is 22.8 Å². The smallest absolute Gasteiger partial charge is 0.326 e. The van der Waals surface area contributed by atoms with Crippen molar-refractivity contribution in [1.82, 2.24) is 0 Å². The molecule has 0 aromatic heterocycles. The zero-order valence-electron chi connectivity index (χ0n) is 12.6. The van der Waals surface area contributed by atoms with E-state index in [0.717, 1.165) is 22.6 Å². The molecule has 1 atom stereocenters. The molecule has 0 aliphatic carbocycles. The van der Waals surface area contributed by atoms with Gasteiger partial charge in [-0.15, -0.1) is 11.8 Å². The van der Waals surface area contributed by atoms with E-state index >= 15 is 0 Å². The molecule has 0 saturated carbocycles. The quantitative estimate of drug-likeness (QED) is 0.743. The second-order valence-corrected chi connectivity index (χ2v) is 6.50. The minimum Gasteiger partial charge on any atom is -0.326 e. The Morgan fingerprint density at radius 1 is 1.04 bits per heavy atom. The number of carbonyl (C=O) groups excluding carboxylic acids is 1. The zero-order valence-corrected chi connectivity index (χ0v) is 13.5. The van der Waals surface area contributed by atoms with E-state index in [0.29, 0.717) is 5.69 Å². The van der Waals surface area contributed by atoms with Crippen LogP contribution in [0.5, 0.6) is 0 Å². The van der Waals surface area contributed by atoms with Gasteiger partial charge < -0.3 is 5.32 Å². The Kier molecular flexibility index (Phi) is 5.36. The Bertz CT molecular complexity index is 666. The Hall–Kier alpha value is -1.95. The molecule has 0 bridgehead atoms. The van der Waals surface area contributed by atoms with Crippen LogP contribution in [0.3, 0.4) is 0 Å². The third-order valence-corrected chi connectivity index (χ3v) is 4.37. The molecule has 2 rings (SSSR count). The number of hydrogen-bond acceptors (Lipinski definition) is 2. The van der Waals surface area contributed by atoms with Crippen LogP contribution in [0.1, 0.15) is 30.2 Å². The molecule has 0 spiro atoms. The van der Waals surface area contributed by atoms with E-state index in [4.69, 9.17) is 0 Å². The van der Waals surface area contributed by atoms with Crippen LogP contribution in [-0.2, 0) is 11.0 Å². The molecule has 0 fully saturated rings. The summed E-state index contributed by atoms with van der Waals surface area (Å²) in [5, 5.41) is 2.70. The molecule has 0 radical (unpaired) electrons. The number of halogens is 3. The van der Waals surface area contributed by atoms with E-state index in [1.165, 1.54) is 19.1 Å². The van der Waals surface area contributed by atoms with Gasteiger partial charge in [-0.05, 0) is 48.9 Å². The van der Waals surface area contributed by atoms with E-state index < -0.39 is 11.7 Å². The summed E-state index contributed by atoms with van der Waals surface area (Å²) in [6.45, 7) is 3.38. The summed E-state index contributed by atoms with van der Waals surface area (Å²) in [6.07, 6.45) is -4.31. The van der Waals surface area contributed by atoms with Crippen LogP contribution in [0.15, 0.2) is 53.4 Å². The van der Waals surface area contributed by atoms with Crippen molar-refractivity contribution in [3.05, 3.63) is 59.7 Å². The molecular formula is C17H16F3NOS. The lowest BCUT2D eigenvalue weighted by atomic mass is 10.1. The first-order chi connectivity index (χ1) is 10.8. The van der Waals surface area contributed by atoms with Gasteiger partial charge in [0.25, 0.3) is 0 Å². The molecule has 1 amide bonds. The Morgan fingerprint density at radius 3 is 2.09 bits per heavy atom. The standard InChI is InChI=1S/C17H16F3NOS/c1-11(13-3-5-14(6-4-13)17(18,19)20)23-16-9-7-15(8-10-16)21-12(2)22/h3-11H,1-2H3,(H,21,22). The maximum Gasteiger partial charge on any atom is 0.416 e. The van der Waals surface area contributed by atoms with Crippen molar-refractivity contribution in [3.63, 3.8) is 0 Å². The van der Waals surface area contributed by atoms with Crippen LogP contribution in [0.2, 0.25) is 0 Å². The molecule has 0 aliphatic heterocycles. The first kappa shape index (κ1) is 17.4.